The van der Waals surface area contributed by atoms with Gasteiger partial charge < -0.3 is 4.57 Å². The summed E-state index contributed by atoms with van der Waals surface area (Å²) in [5.41, 5.74) is 17.0. The molecule has 0 radical (unpaired) electrons. The van der Waals surface area contributed by atoms with Crippen molar-refractivity contribution in [3.63, 3.8) is 0 Å². The summed E-state index contributed by atoms with van der Waals surface area (Å²) in [4.78, 5) is 10.3. The molecule has 73 heavy (non-hydrogen) atoms. The van der Waals surface area contributed by atoms with Crippen LogP contribution >= 0.6 is 0 Å². The van der Waals surface area contributed by atoms with Gasteiger partial charge in [-0.1, -0.05) is 182 Å². The molecule has 2 aromatic heterocycles. The summed E-state index contributed by atoms with van der Waals surface area (Å²) in [5, 5.41) is 14.5. The van der Waals surface area contributed by atoms with Gasteiger partial charge in [-0.25, -0.2) is 4.98 Å². The van der Waals surface area contributed by atoms with Gasteiger partial charge in [0.25, 0.3) is 0 Å². The molecule has 0 aliphatic carbocycles. The van der Waals surface area contributed by atoms with E-state index in [-0.39, 0.29) is 0 Å². The molecule has 0 unspecified atom stereocenters. The molecule has 0 aliphatic heterocycles. The quantitative estimate of drug-likeness (QED) is 0.156. The molecule has 0 N–H and O–H groups in total. The van der Waals surface area contributed by atoms with Crippen molar-refractivity contribution in [1.82, 2.24) is 14.5 Å². The zero-order valence-electron chi connectivity index (χ0n) is 39.7. The minimum atomic E-state index is 0.866. The largest absolute Gasteiger partial charge is 0.309 e. The average Bonchev–Trinajstić information content (AvgIpc) is 3.80. The van der Waals surface area contributed by atoms with Crippen LogP contribution < -0.4 is 0 Å². The summed E-state index contributed by atoms with van der Waals surface area (Å²) >= 11 is 0. The molecule has 0 aliphatic rings. The first-order valence-electron chi connectivity index (χ1n) is 25.0. The Morgan fingerprint density at radius 1 is 0.247 bits per heavy atom. The van der Waals surface area contributed by atoms with E-state index in [2.05, 4.69) is 259 Å². The molecule has 15 rings (SSSR count). The SMILES string of the molecule is c1ccc(-n2c3ccccc3c3cc(-c4ccc5cc(-c6ccc7cc(-c8ccc9cc(-c%10cccc(-c%11cnc%12c%13ccccc%13c%13ccccc%13c%12n%11)c%10)ccc9c8)ccc7c6)ccc5c4)ccc32)cc1. The molecule has 0 bridgehead atoms. The van der Waals surface area contributed by atoms with Crippen LogP contribution in [0.1, 0.15) is 0 Å². The number of hydrogen-bond acceptors (Lipinski definition) is 2. The number of benzene rings is 13. The Morgan fingerprint density at radius 3 is 1.18 bits per heavy atom. The Hall–Kier alpha value is -9.70. The molecule has 3 nitrogen and oxygen atoms in total. The Labute approximate surface area is 421 Å². The Morgan fingerprint density at radius 2 is 0.644 bits per heavy atom. The third-order valence-corrected chi connectivity index (χ3v) is 15.1. The predicted molar refractivity (Wildman–Crippen MR) is 309 cm³/mol. The van der Waals surface area contributed by atoms with Crippen LogP contribution in [0.3, 0.4) is 0 Å². The molecule has 0 fully saturated rings. The first-order valence-corrected chi connectivity index (χ1v) is 25.0. The van der Waals surface area contributed by atoms with Crippen LogP contribution in [0, 0.1) is 0 Å². The van der Waals surface area contributed by atoms with E-state index in [1.54, 1.807) is 0 Å². The van der Waals surface area contributed by atoms with Gasteiger partial charge in [-0.05, 0) is 160 Å². The van der Waals surface area contributed by atoms with Crippen molar-refractivity contribution in [2.45, 2.75) is 0 Å². The summed E-state index contributed by atoms with van der Waals surface area (Å²) in [7, 11) is 0. The molecular formula is C70H43N3. The van der Waals surface area contributed by atoms with E-state index >= 15 is 0 Å². The van der Waals surface area contributed by atoms with E-state index in [1.807, 2.05) is 6.20 Å². The third-order valence-electron chi connectivity index (χ3n) is 15.1. The summed E-state index contributed by atoms with van der Waals surface area (Å²) < 4.78 is 2.37. The predicted octanol–water partition coefficient (Wildman–Crippen LogP) is 18.8. The highest BCUT2D eigenvalue weighted by molar-refractivity contribution is 6.23. The zero-order chi connectivity index (χ0) is 48.0. The second-order valence-electron chi connectivity index (χ2n) is 19.4. The maximum Gasteiger partial charge on any atom is 0.0979 e. The van der Waals surface area contributed by atoms with Crippen LogP contribution in [0.4, 0.5) is 0 Å². The van der Waals surface area contributed by atoms with Gasteiger partial charge in [0.2, 0.25) is 0 Å². The van der Waals surface area contributed by atoms with Gasteiger partial charge >= 0.3 is 0 Å². The highest BCUT2D eigenvalue weighted by atomic mass is 15.0. The van der Waals surface area contributed by atoms with Crippen molar-refractivity contribution in [1.29, 1.82) is 0 Å². The number of aromatic nitrogens is 3. The molecule has 0 saturated carbocycles. The summed E-state index contributed by atoms with van der Waals surface area (Å²) in [6.07, 6.45) is 1.92. The van der Waals surface area contributed by atoms with E-state index in [0.717, 1.165) is 38.6 Å². The van der Waals surface area contributed by atoms with Crippen molar-refractivity contribution in [3.05, 3.63) is 261 Å². The number of para-hydroxylation sites is 2. The first kappa shape index (κ1) is 41.1. The lowest BCUT2D eigenvalue weighted by atomic mass is 9.94. The molecule has 13 aromatic carbocycles. The van der Waals surface area contributed by atoms with Crippen molar-refractivity contribution in [2.75, 3.05) is 0 Å². The maximum atomic E-state index is 5.26. The fourth-order valence-electron chi connectivity index (χ4n) is 11.4. The standard InChI is InChI=1S/C70H43N3/c1-2-13-59(14-3-1)73-67-20-9-8-17-62(67)65-42-57(33-34-68(65)73)56-32-31-54-39-53(29-30-55(54)40-56)52-28-27-50-37-49(25-26-51(50)38-52)48-24-23-46-35-45(21-22-47(46)36-48)44-11-10-12-58(41-44)66-43-71-69-63-18-6-4-15-60(63)61-16-5-7-19-64(61)70(69)72-66/h1-43H. The lowest BCUT2D eigenvalue weighted by Crippen LogP contribution is -1.92. The molecule has 0 atom stereocenters. The van der Waals surface area contributed by atoms with E-state index in [0.29, 0.717) is 0 Å². The highest BCUT2D eigenvalue weighted by Crippen LogP contribution is 2.39. The first-order chi connectivity index (χ1) is 36.1. The molecule has 2 heterocycles. The van der Waals surface area contributed by atoms with Crippen LogP contribution in [-0.2, 0) is 0 Å². The van der Waals surface area contributed by atoms with Gasteiger partial charge in [0.05, 0.1) is 34.0 Å². The van der Waals surface area contributed by atoms with E-state index in [1.165, 1.54) is 110 Å². The van der Waals surface area contributed by atoms with Crippen molar-refractivity contribution >= 4 is 86.7 Å². The highest BCUT2D eigenvalue weighted by Gasteiger charge is 2.16. The summed E-state index contributed by atoms with van der Waals surface area (Å²) in [5.74, 6) is 0. The monoisotopic (exact) mass is 925 g/mol. The fourth-order valence-corrected chi connectivity index (χ4v) is 11.4. The lowest BCUT2D eigenvalue weighted by molar-refractivity contribution is 1.18. The van der Waals surface area contributed by atoms with Crippen LogP contribution in [0.15, 0.2) is 261 Å². The maximum absolute atomic E-state index is 5.26. The van der Waals surface area contributed by atoms with Gasteiger partial charge in [0.15, 0.2) is 0 Å². The van der Waals surface area contributed by atoms with Crippen molar-refractivity contribution < 1.29 is 0 Å². The average molecular weight is 926 g/mol. The smallest absolute Gasteiger partial charge is 0.0979 e. The molecule has 0 amide bonds. The minimum absolute atomic E-state index is 0.866. The van der Waals surface area contributed by atoms with Gasteiger partial charge in [-0.2, -0.15) is 0 Å². The van der Waals surface area contributed by atoms with E-state index in [4.69, 9.17) is 9.97 Å². The lowest BCUT2D eigenvalue weighted by Gasteiger charge is -2.11. The number of fused-ring (bicyclic) bond motifs is 12. The van der Waals surface area contributed by atoms with Crippen molar-refractivity contribution in [3.8, 4) is 61.5 Å². The Kier molecular flexibility index (Phi) is 9.26. The molecule has 3 heteroatoms. The second kappa shape index (κ2) is 16.4. The van der Waals surface area contributed by atoms with Gasteiger partial charge in [0, 0.05) is 32.8 Å². The Bertz CT molecular complexity index is 4700. The van der Waals surface area contributed by atoms with Crippen LogP contribution in [0.2, 0.25) is 0 Å². The van der Waals surface area contributed by atoms with Crippen LogP contribution in [0.25, 0.3) is 148 Å². The van der Waals surface area contributed by atoms with Gasteiger partial charge in [-0.3, -0.25) is 4.98 Å². The summed E-state index contributed by atoms with van der Waals surface area (Å²) in [6.45, 7) is 0. The van der Waals surface area contributed by atoms with Crippen LogP contribution in [-0.4, -0.2) is 14.5 Å². The van der Waals surface area contributed by atoms with Gasteiger partial charge in [-0.15, -0.1) is 0 Å². The number of hydrogen-bond donors (Lipinski definition) is 0. The normalized spacial score (nSPS) is 11.8. The fraction of sp³-hybridized carbons (Fsp3) is 0. The molecule has 0 saturated heterocycles. The molecule has 338 valence electrons. The second-order valence-corrected chi connectivity index (χ2v) is 19.4. The van der Waals surface area contributed by atoms with E-state index < -0.39 is 0 Å². The number of rotatable bonds is 6. The topological polar surface area (TPSA) is 30.7 Å². The molecular weight excluding hydrogens is 883 g/mol. The zero-order valence-corrected chi connectivity index (χ0v) is 39.7. The van der Waals surface area contributed by atoms with Crippen LogP contribution in [0.5, 0.6) is 0 Å². The van der Waals surface area contributed by atoms with E-state index in [9.17, 15) is 0 Å². The Balaban J connectivity index is 0.686. The van der Waals surface area contributed by atoms with Crippen molar-refractivity contribution in [2.24, 2.45) is 0 Å². The third kappa shape index (κ3) is 6.89. The summed E-state index contributed by atoms with van der Waals surface area (Å²) in [6, 6.07) is 92.9. The molecule has 15 aromatic rings. The minimum Gasteiger partial charge on any atom is -0.309 e. The van der Waals surface area contributed by atoms with Gasteiger partial charge in [0.1, 0.15) is 0 Å². The number of nitrogens with zero attached hydrogens (tertiary/aromatic N) is 3. The molecule has 0 spiro atoms.